The normalized spacial score (nSPS) is 17.5. The van der Waals surface area contributed by atoms with Crippen molar-refractivity contribution in [3.8, 4) is 0 Å². The molecule has 112 valence electrons. The Bertz CT molecular complexity index is 485. The van der Waals surface area contributed by atoms with Crippen LogP contribution in [0.5, 0.6) is 0 Å². The molecule has 1 aromatic carbocycles. The van der Waals surface area contributed by atoms with Crippen LogP contribution in [0.4, 0.5) is 27.6 Å². The van der Waals surface area contributed by atoms with E-state index in [4.69, 9.17) is 0 Å². The van der Waals surface area contributed by atoms with Gasteiger partial charge in [0, 0.05) is 12.0 Å². The molecule has 2 rings (SSSR count). The van der Waals surface area contributed by atoms with E-state index in [0.29, 0.717) is 12.8 Å². The Balaban J connectivity index is 2.26. The summed E-state index contributed by atoms with van der Waals surface area (Å²) in [6.45, 7) is -0.239. The van der Waals surface area contributed by atoms with Crippen molar-refractivity contribution in [1.82, 2.24) is 0 Å². The number of hydrogen-bond donors (Lipinski definition) is 2. The highest BCUT2D eigenvalue weighted by Crippen LogP contribution is 2.38. The van der Waals surface area contributed by atoms with Crippen molar-refractivity contribution in [2.24, 2.45) is 5.41 Å². The number of aliphatic hydroxyl groups excluding tert-OH is 1. The van der Waals surface area contributed by atoms with Crippen LogP contribution in [0, 0.1) is 34.5 Å². The lowest BCUT2D eigenvalue weighted by Crippen LogP contribution is -2.31. The SMILES string of the molecule is OCC1(CNc2c(F)c(F)c(F)c(F)c2F)CCCC1. The maximum atomic E-state index is 13.5. The third-order valence-corrected chi connectivity index (χ3v) is 3.85. The highest BCUT2D eigenvalue weighted by atomic mass is 19.2. The van der Waals surface area contributed by atoms with Crippen molar-refractivity contribution in [2.75, 3.05) is 18.5 Å². The molecule has 1 aliphatic rings. The van der Waals surface area contributed by atoms with E-state index in [1.165, 1.54) is 0 Å². The zero-order chi connectivity index (χ0) is 14.9. The van der Waals surface area contributed by atoms with Crippen molar-refractivity contribution < 1.29 is 27.1 Å². The smallest absolute Gasteiger partial charge is 0.200 e. The van der Waals surface area contributed by atoms with E-state index in [1.54, 1.807) is 0 Å². The van der Waals surface area contributed by atoms with Crippen LogP contribution in [-0.4, -0.2) is 18.3 Å². The van der Waals surface area contributed by atoms with Crippen LogP contribution < -0.4 is 5.32 Å². The Morgan fingerprint density at radius 3 is 1.75 bits per heavy atom. The molecule has 0 aromatic heterocycles. The first kappa shape index (κ1) is 15.0. The van der Waals surface area contributed by atoms with Crippen LogP contribution in [0.15, 0.2) is 0 Å². The zero-order valence-corrected chi connectivity index (χ0v) is 10.6. The molecule has 0 saturated heterocycles. The third kappa shape index (κ3) is 2.46. The van der Waals surface area contributed by atoms with Gasteiger partial charge in [0.1, 0.15) is 5.69 Å². The quantitative estimate of drug-likeness (QED) is 0.507. The van der Waals surface area contributed by atoms with Crippen LogP contribution in [0.25, 0.3) is 0 Å². The molecule has 1 fully saturated rings. The van der Waals surface area contributed by atoms with Gasteiger partial charge in [0.05, 0.1) is 6.61 Å². The number of halogens is 5. The van der Waals surface area contributed by atoms with E-state index in [1.807, 2.05) is 0 Å². The second-order valence-corrected chi connectivity index (χ2v) is 5.16. The van der Waals surface area contributed by atoms with Crippen molar-refractivity contribution in [3.63, 3.8) is 0 Å². The molecular weight excluding hydrogens is 281 g/mol. The predicted molar refractivity (Wildman–Crippen MR) is 62.7 cm³/mol. The Labute approximate surface area is 112 Å². The minimum absolute atomic E-state index is 0.0398. The second kappa shape index (κ2) is 5.55. The highest BCUT2D eigenvalue weighted by Gasteiger charge is 2.34. The average Bonchev–Trinajstić information content (AvgIpc) is 2.92. The minimum atomic E-state index is -2.18. The number of hydrogen-bond acceptors (Lipinski definition) is 2. The van der Waals surface area contributed by atoms with Gasteiger partial charge in [-0.05, 0) is 12.8 Å². The fourth-order valence-electron chi connectivity index (χ4n) is 2.55. The topological polar surface area (TPSA) is 32.3 Å². The minimum Gasteiger partial charge on any atom is -0.396 e. The first-order valence-electron chi connectivity index (χ1n) is 6.28. The molecule has 1 aliphatic carbocycles. The number of rotatable bonds is 4. The Kier molecular flexibility index (Phi) is 4.17. The van der Waals surface area contributed by atoms with Crippen molar-refractivity contribution in [3.05, 3.63) is 29.1 Å². The van der Waals surface area contributed by atoms with Gasteiger partial charge in [-0.3, -0.25) is 0 Å². The Morgan fingerprint density at radius 2 is 1.30 bits per heavy atom. The zero-order valence-electron chi connectivity index (χ0n) is 10.6. The Morgan fingerprint density at radius 1 is 0.850 bits per heavy atom. The summed E-state index contributed by atoms with van der Waals surface area (Å²) in [5, 5.41) is 11.6. The second-order valence-electron chi connectivity index (χ2n) is 5.16. The maximum Gasteiger partial charge on any atom is 0.200 e. The standard InChI is InChI=1S/C13H14F5NO/c14-7-8(15)10(17)12(11(18)9(7)16)19-5-13(6-20)3-1-2-4-13/h19-20H,1-6H2. The maximum absolute atomic E-state index is 13.5. The summed E-state index contributed by atoms with van der Waals surface area (Å²) < 4.78 is 65.9. The van der Waals surface area contributed by atoms with Gasteiger partial charge in [0.25, 0.3) is 0 Å². The molecular formula is C13H14F5NO. The lowest BCUT2D eigenvalue weighted by Gasteiger charge is -2.27. The van der Waals surface area contributed by atoms with Crippen LogP contribution in [0.2, 0.25) is 0 Å². The summed E-state index contributed by atoms with van der Waals surface area (Å²) in [5.41, 5.74) is -1.61. The van der Waals surface area contributed by atoms with Gasteiger partial charge in [-0.25, -0.2) is 22.0 Å². The Hall–Kier alpha value is -1.37. The first-order valence-corrected chi connectivity index (χ1v) is 6.28. The first-order chi connectivity index (χ1) is 9.42. The number of benzene rings is 1. The van der Waals surface area contributed by atoms with E-state index in [2.05, 4.69) is 5.32 Å². The van der Waals surface area contributed by atoms with Gasteiger partial charge in [0.15, 0.2) is 23.3 Å². The molecule has 20 heavy (non-hydrogen) atoms. The molecule has 0 heterocycles. The summed E-state index contributed by atoms with van der Waals surface area (Å²) in [6, 6.07) is 0. The lowest BCUT2D eigenvalue weighted by molar-refractivity contribution is 0.142. The van der Waals surface area contributed by atoms with Gasteiger partial charge in [0.2, 0.25) is 5.82 Å². The summed E-state index contributed by atoms with van der Waals surface area (Å²) in [5.74, 6) is -9.89. The van der Waals surface area contributed by atoms with Crippen LogP contribution in [0.3, 0.4) is 0 Å². The molecule has 0 spiro atoms. The molecule has 0 unspecified atom stereocenters. The van der Waals surface area contributed by atoms with Crippen molar-refractivity contribution in [2.45, 2.75) is 25.7 Å². The van der Waals surface area contributed by atoms with Gasteiger partial charge in [-0.15, -0.1) is 0 Å². The van der Waals surface area contributed by atoms with E-state index in [0.717, 1.165) is 12.8 Å². The molecule has 0 amide bonds. The van der Waals surface area contributed by atoms with Gasteiger partial charge < -0.3 is 10.4 Å². The fourth-order valence-corrected chi connectivity index (χ4v) is 2.55. The molecule has 1 aromatic rings. The molecule has 1 saturated carbocycles. The van der Waals surface area contributed by atoms with Crippen LogP contribution >= 0.6 is 0 Å². The highest BCUT2D eigenvalue weighted by molar-refractivity contribution is 5.48. The van der Waals surface area contributed by atoms with Crippen molar-refractivity contribution >= 4 is 5.69 Å². The monoisotopic (exact) mass is 295 g/mol. The number of aliphatic hydroxyl groups is 1. The van der Waals surface area contributed by atoms with Crippen molar-refractivity contribution in [1.29, 1.82) is 0 Å². The summed E-state index contributed by atoms with van der Waals surface area (Å²) in [6.07, 6.45) is 3.01. The number of anilines is 1. The predicted octanol–water partition coefficient (Wildman–Crippen LogP) is 3.35. The van der Waals surface area contributed by atoms with E-state index in [-0.39, 0.29) is 13.2 Å². The van der Waals surface area contributed by atoms with Gasteiger partial charge in [-0.2, -0.15) is 0 Å². The van der Waals surface area contributed by atoms with Gasteiger partial charge >= 0.3 is 0 Å². The van der Waals surface area contributed by atoms with E-state index < -0.39 is 40.2 Å². The molecule has 0 atom stereocenters. The molecule has 2 nitrogen and oxygen atoms in total. The largest absolute Gasteiger partial charge is 0.396 e. The third-order valence-electron chi connectivity index (χ3n) is 3.85. The number of nitrogens with one attached hydrogen (secondary N) is 1. The lowest BCUT2D eigenvalue weighted by atomic mass is 9.87. The molecule has 2 N–H and O–H groups in total. The molecule has 0 radical (unpaired) electrons. The van der Waals surface area contributed by atoms with Gasteiger partial charge in [-0.1, -0.05) is 12.8 Å². The average molecular weight is 295 g/mol. The fraction of sp³-hybridized carbons (Fsp3) is 0.538. The molecule has 7 heteroatoms. The molecule has 0 bridgehead atoms. The van der Waals surface area contributed by atoms with Crippen LogP contribution in [0.1, 0.15) is 25.7 Å². The summed E-state index contributed by atoms with van der Waals surface area (Å²) >= 11 is 0. The van der Waals surface area contributed by atoms with E-state index in [9.17, 15) is 27.1 Å². The van der Waals surface area contributed by atoms with Crippen LogP contribution in [-0.2, 0) is 0 Å². The summed E-state index contributed by atoms with van der Waals surface area (Å²) in [4.78, 5) is 0. The summed E-state index contributed by atoms with van der Waals surface area (Å²) in [7, 11) is 0. The molecule has 0 aliphatic heterocycles. The van der Waals surface area contributed by atoms with E-state index >= 15 is 0 Å².